The molecule has 2 aromatic rings. The number of hydrogen-bond donors (Lipinski definition) is 0. The van der Waals surface area contributed by atoms with Crippen molar-refractivity contribution in [1.82, 2.24) is 0 Å². The molecule has 1 amide bonds. The Hall–Kier alpha value is -1.20. The molecule has 1 atom stereocenters. The van der Waals surface area contributed by atoms with Crippen molar-refractivity contribution < 1.29 is 9.18 Å². The summed E-state index contributed by atoms with van der Waals surface area (Å²) in [6, 6.07) is 10.7. The van der Waals surface area contributed by atoms with E-state index in [1.165, 1.54) is 12.1 Å². The standard InChI is InChI=1S/C16H12Br2FNO/c1-20-14-3-2-9(4-10(14)7-15(20)21)16(18)11-5-12(17)8-13(19)6-11/h2-6,8,16H,7H2,1H3. The van der Waals surface area contributed by atoms with Gasteiger partial charge in [0.1, 0.15) is 5.82 Å². The fourth-order valence-electron chi connectivity index (χ4n) is 2.56. The van der Waals surface area contributed by atoms with Crippen molar-refractivity contribution >= 4 is 43.5 Å². The third kappa shape index (κ3) is 2.77. The fraction of sp³-hybridized carbons (Fsp3) is 0.188. The monoisotopic (exact) mass is 411 g/mol. The number of anilines is 1. The summed E-state index contributed by atoms with van der Waals surface area (Å²) in [6.45, 7) is 0. The molecule has 5 heteroatoms. The second-order valence-electron chi connectivity index (χ2n) is 5.08. The summed E-state index contributed by atoms with van der Waals surface area (Å²) in [5, 5.41) is 0. The van der Waals surface area contributed by atoms with E-state index < -0.39 is 0 Å². The maximum absolute atomic E-state index is 13.5. The first kappa shape index (κ1) is 14.7. The number of rotatable bonds is 2. The van der Waals surface area contributed by atoms with E-state index in [-0.39, 0.29) is 16.6 Å². The molecule has 0 bridgehead atoms. The topological polar surface area (TPSA) is 20.3 Å². The molecule has 108 valence electrons. The third-order valence-electron chi connectivity index (χ3n) is 3.65. The molecule has 3 rings (SSSR count). The molecule has 0 radical (unpaired) electrons. The van der Waals surface area contributed by atoms with Crippen LogP contribution in [0.25, 0.3) is 0 Å². The van der Waals surface area contributed by atoms with Crippen LogP contribution in [0.1, 0.15) is 21.5 Å². The lowest BCUT2D eigenvalue weighted by Crippen LogP contribution is -2.20. The normalized spacial score (nSPS) is 15.2. The van der Waals surface area contributed by atoms with Gasteiger partial charge >= 0.3 is 0 Å². The Balaban J connectivity index is 1.98. The van der Waals surface area contributed by atoms with Gasteiger partial charge in [0.2, 0.25) is 5.91 Å². The van der Waals surface area contributed by atoms with Gasteiger partial charge in [-0.05, 0) is 41.0 Å². The quantitative estimate of drug-likeness (QED) is 0.660. The average molecular weight is 413 g/mol. The molecule has 0 spiro atoms. The lowest BCUT2D eigenvalue weighted by Gasteiger charge is -2.14. The maximum atomic E-state index is 13.5. The molecular weight excluding hydrogens is 401 g/mol. The molecular formula is C16H12Br2FNO. The van der Waals surface area contributed by atoms with E-state index in [4.69, 9.17) is 0 Å². The van der Waals surface area contributed by atoms with Crippen LogP contribution in [-0.2, 0) is 11.2 Å². The average Bonchev–Trinajstić information content (AvgIpc) is 2.71. The van der Waals surface area contributed by atoms with Gasteiger partial charge in [-0.1, -0.05) is 44.0 Å². The van der Waals surface area contributed by atoms with Gasteiger partial charge in [-0.25, -0.2) is 4.39 Å². The summed E-state index contributed by atoms with van der Waals surface area (Å²) in [5.74, 6) is -0.179. The molecule has 0 saturated heterocycles. The minimum Gasteiger partial charge on any atom is -0.315 e. The zero-order valence-electron chi connectivity index (χ0n) is 11.2. The van der Waals surface area contributed by atoms with Crippen LogP contribution in [0.2, 0.25) is 0 Å². The lowest BCUT2D eigenvalue weighted by atomic mass is 10.0. The predicted molar refractivity (Wildman–Crippen MR) is 88.4 cm³/mol. The molecule has 0 N–H and O–H groups in total. The molecule has 1 aliphatic rings. The number of alkyl halides is 1. The summed E-state index contributed by atoms with van der Waals surface area (Å²) in [4.78, 5) is 13.3. The van der Waals surface area contributed by atoms with Crippen molar-refractivity contribution in [3.8, 4) is 0 Å². The molecule has 1 unspecified atom stereocenters. The van der Waals surface area contributed by atoms with Crippen molar-refractivity contribution in [1.29, 1.82) is 0 Å². The number of hydrogen-bond acceptors (Lipinski definition) is 1. The second kappa shape index (κ2) is 5.54. The van der Waals surface area contributed by atoms with Crippen molar-refractivity contribution in [2.24, 2.45) is 0 Å². The molecule has 0 aromatic heterocycles. The Morgan fingerprint density at radius 2 is 1.95 bits per heavy atom. The fourth-order valence-corrected chi connectivity index (χ4v) is 3.59. The number of fused-ring (bicyclic) bond motifs is 1. The van der Waals surface area contributed by atoms with Gasteiger partial charge in [0.15, 0.2) is 0 Å². The number of carbonyl (C=O) groups excluding carboxylic acids is 1. The van der Waals surface area contributed by atoms with E-state index in [2.05, 4.69) is 31.9 Å². The summed E-state index contributed by atoms with van der Waals surface area (Å²) < 4.78 is 14.2. The Kier molecular flexibility index (Phi) is 3.88. The number of likely N-dealkylation sites (N-methyl/N-ethyl adjacent to an activating group) is 1. The summed E-state index contributed by atoms with van der Waals surface area (Å²) in [5.41, 5.74) is 3.80. The summed E-state index contributed by atoms with van der Waals surface area (Å²) in [6.07, 6.45) is 0.423. The molecule has 0 aliphatic carbocycles. The van der Waals surface area contributed by atoms with Crippen molar-refractivity contribution in [3.05, 3.63) is 63.4 Å². The Bertz CT molecular complexity index is 712. The van der Waals surface area contributed by atoms with E-state index in [9.17, 15) is 9.18 Å². The highest BCUT2D eigenvalue weighted by Crippen LogP contribution is 2.36. The van der Waals surface area contributed by atoms with Gasteiger partial charge in [-0.2, -0.15) is 0 Å². The highest BCUT2D eigenvalue weighted by atomic mass is 79.9. The minimum atomic E-state index is -0.278. The Morgan fingerprint density at radius 3 is 2.67 bits per heavy atom. The van der Waals surface area contributed by atoms with Crippen LogP contribution >= 0.6 is 31.9 Å². The smallest absolute Gasteiger partial charge is 0.231 e. The SMILES string of the molecule is CN1C(=O)Cc2cc(C(Br)c3cc(F)cc(Br)c3)ccc21. The molecule has 2 nitrogen and oxygen atoms in total. The molecule has 1 aliphatic heterocycles. The number of benzene rings is 2. The third-order valence-corrected chi connectivity index (χ3v) is 5.17. The van der Waals surface area contributed by atoms with Crippen LogP contribution in [-0.4, -0.2) is 13.0 Å². The van der Waals surface area contributed by atoms with E-state index in [1.807, 2.05) is 24.3 Å². The number of amides is 1. The number of nitrogens with zero attached hydrogens (tertiary/aromatic N) is 1. The van der Waals surface area contributed by atoms with Crippen LogP contribution in [0, 0.1) is 5.82 Å². The first-order valence-electron chi connectivity index (χ1n) is 6.45. The van der Waals surface area contributed by atoms with Gasteiger partial charge < -0.3 is 4.90 Å². The Labute approximate surface area is 139 Å². The van der Waals surface area contributed by atoms with E-state index in [0.717, 1.165) is 22.4 Å². The zero-order valence-corrected chi connectivity index (χ0v) is 14.4. The Morgan fingerprint density at radius 1 is 1.19 bits per heavy atom. The van der Waals surface area contributed by atoms with Crippen LogP contribution in [0.15, 0.2) is 40.9 Å². The van der Waals surface area contributed by atoms with E-state index in [0.29, 0.717) is 10.9 Å². The lowest BCUT2D eigenvalue weighted by molar-refractivity contribution is -0.117. The van der Waals surface area contributed by atoms with Crippen molar-refractivity contribution in [3.63, 3.8) is 0 Å². The molecule has 21 heavy (non-hydrogen) atoms. The predicted octanol–water partition coefficient (Wildman–Crippen LogP) is 4.59. The van der Waals surface area contributed by atoms with Gasteiger partial charge in [0, 0.05) is 17.2 Å². The van der Waals surface area contributed by atoms with Crippen LogP contribution in [0.4, 0.5) is 10.1 Å². The highest BCUT2D eigenvalue weighted by molar-refractivity contribution is 9.10. The van der Waals surface area contributed by atoms with E-state index >= 15 is 0 Å². The zero-order chi connectivity index (χ0) is 15.1. The summed E-state index contributed by atoms with van der Waals surface area (Å²) in [7, 11) is 1.78. The van der Waals surface area contributed by atoms with E-state index in [1.54, 1.807) is 11.9 Å². The highest BCUT2D eigenvalue weighted by Gasteiger charge is 2.25. The van der Waals surface area contributed by atoms with Crippen LogP contribution in [0.3, 0.4) is 0 Å². The van der Waals surface area contributed by atoms with Crippen LogP contribution < -0.4 is 4.90 Å². The molecule has 0 saturated carbocycles. The second-order valence-corrected chi connectivity index (χ2v) is 6.91. The van der Waals surface area contributed by atoms with Crippen molar-refractivity contribution in [2.75, 3.05) is 11.9 Å². The van der Waals surface area contributed by atoms with Gasteiger partial charge in [0.05, 0.1) is 11.2 Å². The minimum absolute atomic E-state index is 0.0989. The van der Waals surface area contributed by atoms with Crippen molar-refractivity contribution in [2.45, 2.75) is 11.2 Å². The van der Waals surface area contributed by atoms with Crippen LogP contribution in [0.5, 0.6) is 0 Å². The van der Waals surface area contributed by atoms with Gasteiger partial charge in [-0.3, -0.25) is 4.79 Å². The number of carbonyl (C=O) groups is 1. The maximum Gasteiger partial charge on any atom is 0.231 e. The first-order valence-corrected chi connectivity index (χ1v) is 8.16. The first-order chi connectivity index (χ1) is 9.95. The largest absolute Gasteiger partial charge is 0.315 e. The molecule has 1 heterocycles. The van der Waals surface area contributed by atoms with Gasteiger partial charge in [0.25, 0.3) is 0 Å². The molecule has 2 aromatic carbocycles. The van der Waals surface area contributed by atoms with Gasteiger partial charge in [-0.15, -0.1) is 0 Å². The number of halogens is 3. The molecule has 0 fully saturated rings. The summed E-state index contributed by atoms with van der Waals surface area (Å²) >= 11 is 6.92.